The van der Waals surface area contributed by atoms with Crippen LogP contribution < -0.4 is 5.32 Å². The second-order valence-corrected chi connectivity index (χ2v) is 4.26. The average molecular weight is 212 g/mol. The molecule has 0 amide bonds. The van der Waals surface area contributed by atoms with Crippen LogP contribution in [-0.2, 0) is 0 Å². The largest absolute Gasteiger partial charge is 0.508 e. The second-order valence-electron chi connectivity index (χ2n) is 3.85. The van der Waals surface area contributed by atoms with Crippen molar-refractivity contribution in [1.82, 2.24) is 5.32 Å². The van der Waals surface area contributed by atoms with Gasteiger partial charge in [-0.1, -0.05) is 17.7 Å². The molecule has 0 saturated carbocycles. The van der Waals surface area contributed by atoms with E-state index in [0.29, 0.717) is 16.7 Å². The topological polar surface area (TPSA) is 32.3 Å². The molecule has 0 unspecified atom stereocenters. The second kappa shape index (κ2) is 3.79. The standard InChI is InChI=1S/C11H14ClNO/c1-7-4-9(8-2-3-13-6-8)11(14)5-10(7)12/h4-5,8,13-14H,2-3,6H2,1H3/t8-/m0/s1. The van der Waals surface area contributed by atoms with Crippen LogP contribution in [0.15, 0.2) is 12.1 Å². The van der Waals surface area contributed by atoms with Gasteiger partial charge in [-0.3, -0.25) is 0 Å². The van der Waals surface area contributed by atoms with E-state index < -0.39 is 0 Å². The number of halogens is 1. The van der Waals surface area contributed by atoms with Crippen molar-refractivity contribution in [2.45, 2.75) is 19.3 Å². The number of rotatable bonds is 1. The highest BCUT2D eigenvalue weighted by Gasteiger charge is 2.20. The first-order valence-electron chi connectivity index (χ1n) is 4.88. The van der Waals surface area contributed by atoms with Gasteiger partial charge in [0.25, 0.3) is 0 Å². The maximum atomic E-state index is 9.76. The summed E-state index contributed by atoms with van der Waals surface area (Å²) < 4.78 is 0. The highest BCUT2D eigenvalue weighted by atomic mass is 35.5. The Morgan fingerprint density at radius 3 is 2.93 bits per heavy atom. The fourth-order valence-electron chi connectivity index (χ4n) is 1.94. The van der Waals surface area contributed by atoms with Crippen LogP contribution in [0.1, 0.15) is 23.5 Å². The van der Waals surface area contributed by atoms with E-state index in [1.54, 1.807) is 6.07 Å². The molecule has 1 aliphatic rings. The molecule has 0 spiro atoms. The van der Waals surface area contributed by atoms with Crippen LogP contribution in [-0.4, -0.2) is 18.2 Å². The molecule has 1 heterocycles. The molecule has 76 valence electrons. The van der Waals surface area contributed by atoms with E-state index in [1.165, 1.54) is 0 Å². The summed E-state index contributed by atoms with van der Waals surface area (Å²) in [5.74, 6) is 0.764. The summed E-state index contributed by atoms with van der Waals surface area (Å²) in [6.45, 7) is 3.95. The van der Waals surface area contributed by atoms with E-state index in [-0.39, 0.29) is 0 Å². The number of aromatic hydroxyl groups is 1. The SMILES string of the molecule is Cc1cc([C@H]2CCNC2)c(O)cc1Cl. The summed E-state index contributed by atoms with van der Waals surface area (Å²) in [6, 6.07) is 3.64. The van der Waals surface area contributed by atoms with Crippen LogP contribution in [0, 0.1) is 6.92 Å². The van der Waals surface area contributed by atoms with Gasteiger partial charge in [0.15, 0.2) is 0 Å². The van der Waals surface area contributed by atoms with Gasteiger partial charge in [-0.25, -0.2) is 0 Å². The minimum absolute atomic E-state index is 0.328. The minimum atomic E-state index is 0.328. The van der Waals surface area contributed by atoms with Crippen molar-refractivity contribution in [3.63, 3.8) is 0 Å². The summed E-state index contributed by atoms with van der Waals surface area (Å²) in [5.41, 5.74) is 2.06. The molecule has 1 aromatic rings. The summed E-state index contributed by atoms with van der Waals surface area (Å²) in [5, 5.41) is 13.7. The smallest absolute Gasteiger partial charge is 0.120 e. The lowest BCUT2D eigenvalue weighted by atomic mass is 9.96. The first-order valence-corrected chi connectivity index (χ1v) is 5.26. The molecule has 1 atom stereocenters. The Kier molecular flexibility index (Phi) is 2.66. The first kappa shape index (κ1) is 9.81. The number of phenolic OH excluding ortho intramolecular Hbond substituents is 1. The molecular formula is C11H14ClNO. The van der Waals surface area contributed by atoms with Crippen molar-refractivity contribution in [3.8, 4) is 5.75 Å². The highest BCUT2D eigenvalue weighted by molar-refractivity contribution is 6.31. The van der Waals surface area contributed by atoms with Crippen LogP contribution in [0.25, 0.3) is 0 Å². The molecule has 2 N–H and O–H groups in total. The molecule has 3 heteroatoms. The number of nitrogens with one attached hydrogen (secondary N) is 1. The number of benzene rings is 1. The molecule has 1 fully saturated rings. The third-order valence-corrected chi connectivity index (χ3v) is 3.22. The Bertz CT molecular complexity index is 345. The quantitative estimate of drug-likeness (QED) is 0.748. The lowest BCUT2D eigenvalue weighted by Crippen LogP contribution is -2.08. The maximum Gasteiger partial charge on any atom is 0.120 e. The van der Waals surface area contributed by atoms with E-state index in [2.05, 4.69) is 5.32 Å². The van der Waals surface area contributed by atoms with Crippen molar-refractivity contribution in [2.24, 2.45) is 0 Å². The molecule has 2 nitrogen and oxygen atoms in total. The van der Waals surface area contributed by atoms with Crippen molar-refractivity contribution < 1.29 is 5.11 Å². The molecule has 14 heavy (non-hydrogen) atoms. The fraction of sp³-hybridized carbons (Fsp3) is 0.455. The molecule has 1 aliphatic heterocycles. The van der Waals surface area contributed by atoms with Crippen molar-refractivity contribution in [2.75, 3.05) is 13.1 Å². The Morgan fingerprint density at radius 2 is 2.29 bits per heavy atom. The molecular weight excluding hydrogens is 198 g/mol. The molecule has 0 bridgehead atoms. The Morgan fingerprint density at radius 1 is 1.50 bits per heavy atom. The van der Waals surface area contributed by atoms with Crippen molar-refractivity contribution >= 4 is 11.6 Å². The first-order chi connectivity index (χ1) is 6.68. The van der Waals surface area contributed by atoms with Crippen molar-refractivity contribution in [3.05, 3.63) is 28.3 Å². The summed E-state index contributed by atoms with van der Waals surface area (Å²) in [7, 11) is 0. The van der Waals surface area contributed by atoms with Gasteiger partial charge in [-0.05, 0) is 37.1 Å². The Hall–Kier alpha value is -0.730. The zero-order valence-corrected chi connectivity index (χ0v) is 8.93. The molecule has 0 aliphatic carbocycles. The highest BCUT2D eigenvalue weighted by Crippen LogP contribution is 2.33. The zero-order chi connectivity index (χ0) is 10.1. The van der Waals surface area contributed by atoms with E-state index in [9.17, 15) is 5.11 Å². The van der Waals surface area contributed by atoms with Crippen LogP contribution in [0.3, 0.4) is 0 Å². The molecule has 0 radical (unpaired) electrons. The number of aryl methyl sites for hydroxylation is 1. The van der Waals surface area contributed by atoms with Gasteiger partial charge >= 0.3 is 0 Å². The number of phenols is 1. The van der Waals surface area contributed by atoms with E-state index in [1.807, 2.05) is 13.0 Å². The number of hydrogen-bond donors (Lipinski definition) is 2. The van der Waals surface area contributed by atoms with E-state index in [4.69, 9.17) is 11.6 Å². The van der Waals surface area contributed by atoms with E-state index >= 15 is 0 Å². The van der Waals surface area contributed by atoms with E-state index in [0.717, 1.165) is 30.6 Å². The lowest BCUT2D eigenvalue weighted by Gasteiger charge is -2.12. The predicted octanol–water partition coefficient (Wildman–Crippen LogP) is 2.43. The summed E-state index contributed by atoms with van der Waals surface area (Å²) in [6.07, 6.45) is 1.09. The van der Waals surface area contributed by atoms with Crippen LogP contribution in [0.4, 0.5) is 0 Å². The molecule has 1 saturated heterocycles. The third-order valence-electron chi connectivity index (χ3n) is 2.81. The number of hydrogen-bond acceptors (Lipinski definition) is 2. The summed E-state index contributed by atoms with van der Waals surface area (Å²) in [4.78, 5) is 0. The van der Waals surface area contributed by atoms with Gasteiger partial charge in [-0.2, -0.15) is 0 Å². The normalized spacial score (nSPS) is 21.4. The van der Waals surface area contributed by atoms with Gasteiger partial charge in [0, 0.05) is 17.5 Å². The van der Waals surface area contributed by atoms with Gasteiger partial charge in [0.05, 0.1) is 0 Å². The fourth-order valence-corrected chi connectivity index (χ4v) is 2.10. The predicted molar refractivity (Wildman–Crippen MR) is 58.1 cm³/mol. The van der Waals surface area contributed by atoms with Gasteiger partial charge < -0.3 is 10.4 Å². The average Bonchev–Trinajstić information content (AvgIpc) is 2.64. The maximum absolute atomic E-state index is 9.76. The monoisotopic (exact) mass is 211 g/mol. The summed E-state index contributed by atoms with van der Waals surface area (Å²) >= 11 is 5.92. The lowest BCUT2D eigenvalue weighted by molar-refractivity contribution is 0.462. The Labute approximate surface area is 88.9 Å². The molecule has 1 aromatic carbocycles. The minimum Gasteiger partial charge on any atom is -0.508 e. The Balaban J connectivity index is 2.37. The van der Waals surface area contributed by atoms with Gasteiger partial charge in [0.1, 0.15) is 5.75 Å². The van der Waals surface area contributed by atoms with Gasteiger partial charge in [-0.15, -0.1) is 0 Å². The van der Waals surface area contributed by atoms with Crippen LogP contribution >= 0.6 is 11.6 Å². The van der Waals surface area contributed by atoms with Crippen LogP contribution in [0.2, 0.25) is 5.02 Å². The van der Waals surface area contributed by atoms with Gasteiger partial charge in [0.2, 0.25) is 0 Å². The van der Waals surface area contributed by atoms with Crippen LogP contribution in [0.5, 0.6) is 5.75 Å². The third kappa shape index (κ3) is 1.72. The van der Waals surface area contributed by atoms with Crippen molar-refractivity contribution in [1.29, 1.82) is 0 Å². The zero-order valence-electron chi connectivity index (χ0n) is 8.18. The molecule has 0 aromatic heterocycles. The molecule has 2 rings (SSSR count).